The van der Waals surface area contributed by atoms with E-state index < -0.39 is 47.8 Å². The van der Waals surface area contributed by atoms with Gasteiger partial charge in [0.1, 0.15) is 18.2 Å². The summed E-state index contributed by atoms with van der Waals surface area (Å²) in [5.41, 5.74) is 1.75. The van der Waals surface area contributed by atoms with Gasteiger partial charge in [-0.25, -0.2) is 0 Å². The molecule has 3 fully saturated rings. The van der Waals surface area contributed by atoms with Crippen molar-refractivity contribution in [3.63, 3.8) is 0 Å². The largest absolute Gasteiger partial charge is 0.493 e. The van der Waals surface area contributed by atoms with Crippen molar-refractivity contribution in [1.29, 1.82) is 0 Å². The van der Waals surface area contributed by atoms with Crippen molar-refractivity contribution < 1.29 is 38.1 Å². The molecule has 4 aliphatic rings. The minimum Gasteiger partial charge on any atom is -0.493 e. The molecule has 6 unspecified atom stereocenters. The number of amides is 1. The Balaban J connectivity index is 1.69. The lowest BCUT2D eigenvalue weighted by molar-refractivity contribution is -0.299. The molecule has 0 N–H and O–H groups in total. The molecule has 1 aliphatic carbocycles. The van der Waals surface area contributed by atoms with E-state index in [-0.39, 0.29) is 5.91 Å². The predicted molar refractivity (Wildman–Crippen MR) is 104 cm³/mol. The van der Waals surface area contributed by atoms with Crippen LogP contribution in [-0.4, -0.2) is 61.5 Å². The van der Waals surface area contributed by atoms with E-state index in [0.717, 1.165) is 11.1 Å². The maximum Gasteiger partial charge on any atom is 0.305 e. The third-order valence-electron chi connectivity index (χ3n) is 6.90. The van der Waals surface area contributed by atoms with Gasteiger partial charge in [0.05, 0.1) is 26.1 Å². The van der Waals surface area contributed by atoms with Crippen LogP contribution in [0, 0.1) is 11.8 Å². The van der Waals surface area contributed by atoms with E-state index in [1.807, 2.05) is 12.1 Å². The Hall–Kier alpha value is -2.81. The molecule has 2 saturated heterocycles. The minimum atomic E-state index is -1.43. The van der Waals surface area contributed by atoms with Gasteiger partial charge in [-0.1, -0.05) is 0 Å². The summed E-state index contributed by atoms with van der Waals surface area (Å²) in [5.74, 6) is -2.33. The molecule has 1 aromatic carbocycles. The van der Waals surface area contributed by atoms with Crippen molar-refractivity contribution in [2.24, 2.45) is 11.8 Å². The van der Waals surface area contributed by atoms with Crippen LogP contribution in [0.25, 0.3) is 0 Å². The highest BCUT2D eigenvalue weighted by atomic mass is 16.7. The molecule has 6 atom stereocenters. The van der Waals surface area contributed by atoms with Crippen LogP contribution in [0.15, 0.2) is 12.1 Å². The molecule has 0 spiro atoms. The van der Waals surface area contributed by atoms with Crippen LogP contribution in [0.5, 0.6) is 11.5 Å². The zero-order valence-corrected chi connectivity index (χ0v) is 17.9. The monoisotopic (exact) mass is 431 g/mol. The van der Waals surface area contributed by atoms with Gasteiger partial charge < -0.3 is 28.6 Å². The molecule has 0 aromatic heterocycles. The van der Waals surface area contributed by atoms with Gasteiger partial charge in [-0.3, -0.25) is 14.4 Å². The van der Waals surface area contributed by atoms with Crippen molar-refractivity contribution in [3.05, 3.63) is 23.3 Å². The summed E-state index contributed by atoms with van der Waals surface area (Å²) < 4.78 is 28.8. The van der Waals surface area contributed by atoms with Crippen molar-refractivity contribution in [2.75, 3.05) is 20.8 Å². The number of carbonyl (C=O) groups is 3. The topological polar surface area (TPSA) is 101 Å². The molecule has 3 aliphatic heterocycles. The second-order valence-electron chi connectivity index (χ2n) is 8.50. The fraction of sp³-hybridized carbons (Fsp3) is 0.591. The summed E-state index contributed by atoms with van der Waals surface area (Å²) in [4.78, 5) is 39.2. The molecule has 3 heterocycles. The number of rotatable bonds is 4. The summed E-state index contributed by atoms with van der Waals surface area (Å²) in [5, 5.41) is 0. The van der Waals surface area contributed by atoms with E-state index in [2.05, 4.69) is 0 Å². The molecule has 31 heavy (non-hydrogen) atoms. The second-order valence-corrected chi connectivity index (χ2v) is 8.50. The van der Waals surface area contributed by atoms with Gasteiger partial charge in [0, 0.05) is 20.4 Å². The van der Waals surface area contributed by atoms with E-state index >= 15 is 0 Å². The molecular formula is C22H25NO8. The number of esters is 2. The van der Waals surface area contributed by atoms with E-state index in [4.69, 9.17) is 23.7 Å². The number of nitrogens with zero attached hydrogens (tertiary/aromatic N) is 1. The molecule has 2 bridgehead atoms. The Labute approximate surface area is 179 Å². The van der Waals surface area contributed by atoms with Gasteiger partial charge in [-0.15, -0.1) is 0 Å². The quantitative estimate of drug-likeness (QED) is 0.659. The number of hydrogen-bond acceptors (Lipinski definition) is 8. The number of fused-ring (bicyclic) bond motifs is 5. The Bertz CT molecular complexity index is 977. The highest BCUT2D eigenvalue weighted by molar-refractivity contribution is 5.83. The number of hydrogen-bond donors (Lipinski definition) is 0. The standard InChI is InChI=1S/C22H25NO8/c1-10(24)29-19-17-9-14-18(19)22(31-17,30-11(2)25)20-13-8-16(28-4)15(27-3)7-12(13)5-6-23(20)21(14)26/h7-8,14,17-20H,5-6,9H2,1-4H3. The number of ether oxygens (including phenoxy) is 5. The normalized spacial score (nSPS) is 34.6. The molecule has 1 aromatic rings. The van der Waals surface area contributed by atoms with Crippen LogP contribution < -0.4 is 9.47 Å². The van der Waals surface area contributed by atoms with Crippen LogP contribution in [0.2, 0.25) is 0 Å². The predicted octanol–water partition coefficient (Wildman–Crippen LogP) is 1.37. The van der Waals surface area contributed by atoms with Crippen LogP contribution in [0.1, 0.15) is 37.4 Å². The van der Waals surface area contributed by atoms with Crippen molar-refractivity contribution >= 4 is 17.8 Å². The van der Waals surface area contributed by atoms with E-state index in [1.54, 1.807) is 19.1 Å². The summed E-state index contributed by atoms with van der Waals surface area (Å²) in [6.07, 6.45) is -0.0808. The van der Waals surface area contributed by atoms with Crippen molar-refractivity contribution in [3.8, 4) is 11.5 Å². The Morgan fingerprint density at radius 2 is 1.84 bits per heavy atom. The molecular weight excluding hydrogens is 406 g/mol. The molecule has 1 amide bonds. The van der Waals surface area contributed by atoms with Gasteiger partial charge in [0.2, 0.25) is 11.7 Å². The van der Waals surface area contributed by atoms with E-state index in [1.165, 1.54) is 13.8 Å². The summed E-state index contributed by atoms with van der Waals surface area (Å²) >= 11 is 0. The summed E-state index contributed by atoms with van der Waals surface area (Å²) in [7, 11) is 3.11. The number of carbonyl (C=O) groups excluding carboxylic acids is 3. The highest BCUT2D eigenvalue weighted by Crippen LogP contribution is 2.63. The number of methoxy groups -OCH3 is 2. The minimum absolute atomic E-state index is 0.0267. The second kappa shape index (κ2) is 6.85. The highest BCUT2D eigenvalue weighted by Gasteiger charge is 2.75. The number of piperidine rings is 1. The van der Waals surface area contributed by atoms with Crippen LogP contribution in [0.4, 0.5) is 0 Å². The molecule has 5 rings (SSSR count). The fourth-order valence-electron chi connectivity index (χ4n) is 5.98. The van der Waals surface area contributed by atoms with Gasteiger partial charge in [0.25, 0.3) is 0 Å². The van der Waals surface area contributed by atoms with Crippen LogP contribution >= 0.6 is 0 Å². The third kappa shape index (κ3) is 2.68. The Morgan fingerprint density at radius 1 is 1.13 bits per heavy atom. The summed E-state index contributed by atoms with van der Waals surface area (Å²) in [6, 6.07) is 3.04. The molecule has 166 valence electrons. The molecule has 1 saturated carbocycles. The molecule has 9 nitrogen and oxygen atoms in total. The average molecular weight is 431 g/mol. The first-order valence-corrected chi connectivity index (χ1v) is 10.4. The molecule has 0 radical (unpaired) electrons. The lowest BCUT2D eigenvalue weighted by atomic mass is 9.72. The maximum absolute atomic E-state index is 13.5. The van der Waals surface area contributed by atoms with Crippen LogP contribution in [-0.2, 0) is 35.0 Å². The van der Waals surface area contributed by atoms with E-state index in [0.29, 0.717) is 30.9 Å². The fourth-order valence-corrected chi connectivity index (χ4v) is 5.98. The maximum atomic E-state index is 13.5. The van der Waals surface area contributed by atoms with Gasteiger partial charge >= 0.3 is 11.9 Å². The lowest BCUT2D eigenvalue weighted by Crippen LogP contribution is -2.65. The zero-order valence-electron chi connectivity index (χ0n) is 17.9. The Kier molecular flexibility index (Phi) is 4.44. The Morgan fingerprint density at radius 3 is 2.48 bits per heavy atom. The SMILES string of the molecule is COc1cc2c(cc1OC)C1N(CC2)C(=O)C2CC3OC1(OC(C)=O)C2C3OC(C)=O. The van der Waals surface area contributed by atoms with Gasteiger partial charge in [0.15, 0.2) is 11.5 Å². The first kappa shape index (κ1) is 20.1. The van der Waals surface area contributed by atoms with Crippen molar-refractivity contribution in [1.82, 2.24) is 4.90 Å². The first-order chi connectivity index (χ1) is 14.8. The molecule has 9 heteroatoms. The van der Waals surface area contributed by atoms with Gasteiger partial charge in [-0.05, 0) is 36.1 Å². The van der Waals surface area contributed by atoms with Crippen molar-refractivity contribution in [2.45, 2.75) is 50.7 Å². The zero-order chi connectivity index (χ0) is 22.1. The number of benzene rings is 1. The van der Waals surface area contributed by atoms with Gasteiger partial charge in [-0.2, -0.15) is 0 Å². The lowest BCUT2D eigenvalue weighted by Gasteiger charge is -2.55. The summed E-state index contributed by atoms with van der Waals surface area (Å²) in [6.45, 7) is 3.11. The third-order valence-corrected chi connectivity index (χ3v) is 6.90. The van der Waals surface area contributed by atoms with E-state index in [9.17, 15) is 14.4 Å². The first-order valence-electron chi connectivity index (χ1n) is 10.4. The van der Waals surface area contributed by atoms with Crippen LogP contribution in [0.3, 0.4) is 0 Å². The smallest absolute Gasteiger partial charge is 0.305 e. The average Bonchev–Trinajstić information content (AvgIpc) is 3.21.